The molecule has 0 aromatic heterocycles. The first-order valence-electron chi connectivity index (χ1n) is 34.8. The highest BCUT2D eigenvalue weighted by Crippen LogP contribution is 2.55. The lowest BCUT2D eigenvalue weighted by Gasteiger charge is -2.33. The monoisotopic (exact) mass is 1320 g/mol. The smallest absolute Gasteiger partial charge is 0.0463 e. The summed E-state index contributed by atoms with van der Waals surface area (Å²) >= 11 is 6.21. The van der Waals surface area contributed by atoms with Crippen molar-refractivity contribution in [1.29, 1.82) is 0 Å². The van der Waals surface area contributed by atoms with Crippen molar-refractivity contribution >= 4 is 70.0 Å². The van der Waals surface area contributed by atoms with Crippen LogP contribution in [-0.2, 0) is 36.5 Å². The molecule has 0 atom stereocenters. The van der Waals surface area contributed by atoms with Crippen LogP contribution in [0.15, 0.2) is 372 Å². The predicted molar refractivity (Wildman–Crippen MR) is 432 cm³/mol. The van der Waals surface area contributed by atoms with Crippen molar-refractivity contribution in [3.63, 3.8) is 0 Å². The van der Waals surface area contributed by atoms with Gasteiger partial charge in [0.25, 0.3) is 0 Å². The molecule has 2 nitrogen and oxygen atoms in total. The van der Waals surface area contributed by atoms with E-state index in [0.717, 1.165) is 87.1 Å². The van der Waals surface area contributed by atoms with E-state index >= 15 is 0 Å². The highest BCUT2D eigenvalue weighted by atomic mass is 35.5. The number of rotatable bonds is 20. The normalized spacial score (nSPS) is 12.5. The van der Waals surface area contributed by atoms with Gasteiger partial charge in [0.05, 0.1) is 0 Å². The number of halogens is 1. The number of hydrogen-bond acceptors (Lipinski definition) is 2. The van der Waals surface area contributed by atoms with Gasteiger partial charge in [0, 0.05) is 50.0 Å². The third-order valence-electron chi connectivity index (χ3n) is 20.5. The molecule has 0 aliphatic heterocycles. The number of fused-ring (bicyclic) bond motifs is 6. The van der Waals surface area contributed by atoms with Gasteiger partial charge in [-0.15, -0.1) is 0 Å². The predicted octanol–water partition coefficient (Wildman–Crippen LogP) is 26.4. The lowest BCUT2D eigenvalue weighted by atomic mass is 9.69. The molecule has 0 fully saturated rings. The SMILES string of the molecule is C=Cc1ccc(CC2(Cc3ccc(C=C)cc3)c3ccccc3-c3ccc(-c4ccc(Cl)cc4)cc32)cc1.C=Cc1ccc(CC2(Cc3ccc(C=C)cc3)c3ccccc3-c3ccc(-c4ccc(N(c5ccccc5)c5ccc(N(c6ccccc6)c6ccccc6)cc5)cc4)cc32)cc1. The summed E-state index contributed by atoms with van der Waals surface area (Å²) in [6.07, 6.45) is 11.2. The molecule has 101 heavy (non-hydrogen) atoms. The Morgan fingerprint density at radius 1 is 0.238 bits per heavy atom. The van der Waals surface area contributed by atoms with Crippen LogP contribution < -0.4 is 9.80 Å². The van der Waals surface area contributed by atoms with Crippen molar-refractivity contribution in [2.45, 2.75) is 36.5 Å². The first-order valence-corrected chi connectivity index (χ1v) is 35.1. The maximum Gasteiger partial charge on any atom is 0.0463 e. The molecule has 0 radical (unpaired) electrons. The van der Waals surface area contributed by atoms with Crippen molar-refractivity contribution in [2.75, 3.05) is 9.80 Å². The first kappa shape index (κ1) is 64.9. The molecule has 2 aliphatic rings. The standard InChI is InChI=1S/C61H48N2.C37H29Cl/c1-3-45-24-28-47(29-25-45)43-61(44-48-30-26-46(4-2)27-31-48)59-23-15-14-22-57(59)58-41-34-50(42-60(58)61)49-32-35-54(36-33-49)63(53-20-12-7-13-21-53)56-39-37-55(38-40-56)62(51-16-8-5-9-17-51)52-18-10-6-11-19-52;1-3-26-9-13-28(14-10-26)24-37(25-29-15-11-27(4-2)12-16-29)35-8-6-5-7-33(35)34-22-19-31(23-36(34)37)30-17-20-32(38)21-18-30/h3-42H,1-2,43-44H2;3-23H,1-2,24-25H2. The molecule has 14 aromatic carbocycles. The van der Waals surface area contributed by atoms with Crippen LogP contribution in [-0.4, -0.2) is 0 Å². The lowest BCUT2D eigenvalue weighted by molar-refractivity contribution is 0.520. The second-order valence-electron chi connectivity index (χ2n) is 26.5. The zero-order valence-electron chi connectivity index (χ0n) is 56.6. The lowest BCUT2D eigenvalue weighted by Crippen LogP contribution is -2.31. The zero-order valence-corrected chi connectivity index (χ0v) is 57.4. The molecule has 0 saturated heterocycles. The van der Waals surface area contributed by atoms with Crippen molar-refractivity contribution in [3.8, 4) is 44.5 Å². The van der Waals surface area contributed by atoms with E-state index in [-0.39, 0.29) is 10.8 Å². The number of para-hydroxylation sites is 3. The number of hydrogen-bond donors (Lipinski definition) is 0. The largest absolute Gasteiger partial charge is 0.311 e. The molecule has 0 heterocycles. The van der Waals surface area contributed by atoms with Crippen LogP contribution >= 0.6 is 11.6 Å². The molecule has 14 aromatic rings. The third-order valence-corrected chi connectivity index (χ3v) is 20.7. The summed E-state index contributed by atoms with van der Waals surface area (Å²) in [5.74, 6) is 0. The van der Waals surface area contributed by atoms with Gasteiger partial charge in [-0.05, 0) is 234 Å². The summed E-state index contributed by atoms with van der Waals surface area (Å²) in [6, 6.07) is 125. The molecular weight excluding hydrogens is 1240 g/mol. The molecular formula is C98H77ClN2. The van der Waals surface area contributed by atoms with E-state index in [4.69, 9.17) is 11.6 Å². The first-order chi connectivity index (χ1) is 49.7. The van der Waals surface area contributed by atoms with Crippen LogP contribution in [0.1, 0.15) is 66.8 Å². The second-order valence-corrected chi connectivity index (χ2v) is 27.0. The van der Waals surface area contributed by atoms with Crippen LogP contribution in [0.2, 0.25) is 5.02 Å². The molecule has 486 valence electrons. The zero-order chi connectivity index (χ0) is 68.7. The van der Waals surface area contributed by atoms with Gasteiger partial charge in [-0.25, -0.2) is 0 Å². The minimum atomic E-state index is -0.278. The van der Waals surface area contributed by atoms with E-state index in [1.54, 1.807) is 0 Å². The Kier molecular flexibility index (Phi) is 18.5. The van der Waals surface area contributed by atoms with Crippen LogP contribution in [0, 0.1) is 0 Å². The summed E-state index contributed by atoms with van der Waals surface area (Å²) in [5.41, 5.74) is 31.5. The van der Waals surface area contributed by atoms with Gasteiger partial charge in [-0.2, -0.15) is 0 Å². The van der Waals surface area contributed by atoms with E-state index in [1.807, 2.05) is 36.4 Å². The highest BCUT2D eigenvalue weighted by Gasteiger charge is 2.45. The third kappa shape index (κ3) is 13.2. The average Bonchev–Trinajstić information content (AvgIpc) is 1.57. The topological polar surface area (TPSA) is 6.48 Å². The van der Waals surface area contributed by atoms with Crippen molar-refractivity contribution in [1.82, 2.24) is 0 Å². The molecule has 0 N–H and O–H groups in total. The summed E-state index contributed by atoms with van der Waals surface area (Å²) in [7, 11) is 0. The van der Waals surface area contributed by atoms with E-state index in [2.05, 4.69) is 370 Å². The molecule has 0 bridgehead atoms. The van der Waals surface area contributed by atoms with Crippen molar-refractivity contribution in [3.05, 3.63) is 444 Å². The minimum absolute atomic E-state index is 0.209. The minimum Gasteiger partial charge on any atom is -0.311 e. The Labute approximate surface area is 600 Å². The Hall–Kier alpha value is -12.1. The van der Waals surface area contributed by atoms with Crippen LogP contribution in [0.25, 0.3) is 68.8 Å². The number of anilines is 6. The van der Waals surface area contributed by atoms with E-state index in [1.165, 1.54) is 89.0 Å². The summed E-state index contributed by atoms with van der Waals surface area (Å²) in [6.45, 7) is 15.9. The quantitative estimate of drug-likeness (QED) is 0.0750. The maximum atomic E-state index is 6.21. The van der Waals surface area contributed by atoms with Crippen LogP contribution in [0.3, 0.4) is 0 Å². The second kappa shape index (κ2) is 28.8. The van der Waals surface area contributed by atoms with Crippen LogP contribution in [0.5, 0.6) is 0 Å². The van der Waals surface area contributed by atoms with Crippen LogP contribution in [0.4, 0.5) is 34.1 Å². The Balaban J connectivity index is 0.000000185. The van der Waals surface area contributed by atoms with Gasteiger partial charge >= 0.3 is 0 Å². The molecule has 0 saturated carbocycles. The molecule has 0 unspecified atom stereocenters. The van der Waals surface area contributed by atoms with Crippen molar-refractivity contribution in [2.24, 2.45) is 0 Å². The fraction of sp³-hybridized carbons (Fsp3) is 0.0612. The number of benzene rings is 14. The fourth-order valence-corrected chi connectivity index (χ4v) is 15.6. The molecule has 16 rings (SSSR count). The molecule has 0 amide bonds. The fourth-order valence-electron chi connectivity index (χ4n) is 15.5. The Morgan fingerprint density at radius 3 is 0.792 bits per heavy atom. The van der Waals surface area contributed by atoms with Gasteiger partial charge in [0.15, 0.2) is 0 Å². The van der Waals surface area contributed by atoms with Gasteiger partial charge in [0.2, 0.25) is 0 Å². The molecule has 0 spiro atoms. The van der Waals surface area contributed by atoms with Gasteiger partial charge in [-0.1, -0.05) is 311 Å². The average molecular weight is 1320 g/mol. The number of nitrogens with zero attached hydrogens (tertiary/aromatic N) is 2. The van der Waals surface area contributed by atoms with Crippen molar-refractivity contribution < 1.29 is 0 Å². The highest BCUT2D eigenvalue weighted by molar-refractivity contribution is 6.30. The summed E-state index contributed by atoms with van der Waals surface area (Å²) < 4.78 is 0. The molecule has 3 heteroatoms. The van der Waals surface area contributed by atoms with E-state index in [9.17, 15) is 0 Å². The van der Waals surface area contributed by atoms with Gasteiger partial charge in [0.1, 0.15) is 0 Å². The van der Waals surface area contributed by atoms with Gasteiger partial charge in [-0.3, -0.25) is 0 Å². The summed E-state index contributed by atoms with van der Waals surface area (Å²) in [4.78, 5) is 4.63. The maximum absolute atomic E-state index is 6.21. The Bertz CT molecular complexity index is 5110. The molecule has 2 aliphatic carbocycles. The van der Waals surface area contributed by atoms with E-state index in [0.29, 0.717) is 0 Å². The Morgan fingerprint density at radius 2 is 0.485 bits per heavy atom. The van der Waals surface area contributed by atoms with Gasteiger partial charge < -0.3 is 9.80 Å². The van der Waals surface area contributed by atoms with E-state index < -0.39 is 0 Å². The summed E-state index contributed by atoms with van der Waals surface area (Å²) in [5, 5.41) is 0.752.